The molecule has 108 valence electrons. The first-order valence-electron chi connectivity index (χ1n) is 6.88. The highest BCUT2D eigenvalue weighted by atomic mass is 32.2. The zero-order valence-electron chi connectivity index (χ0n) is 12.1. The maximum absolute atomic E-state index is 11.2. The summed E-state index contributed by atoms with van der Waals surface area (Å²) in [5.74, 6) is 0.710. The highest BCUT2D eigenvalue weighted by molar-refractivity contribution is 7.90. The van der Waals surface area contributed by atoms with Crippen LogP contribution in [0.1, 0.15) is 37.7 Å². The lowest BCUT2D eigenvalue weighted by Gasteiger charge is -2.26. The van der Waals surface area contributed by atoms with Gasteiger partial charge < -0.3 is 5.32 Å². The van der Waals surface area contributed by atoms with Crippen molar-refractivity contribution in [2.45, 2.75) is 38.1 Å². The minimum atomic E-state index is -2.85. The Balaban J connectivity index is 2.66. The van der Waals surface area contributed by atoms with Gasteiger partial charge in [-0.15, -0.1) is 0 Å². The number of nitrogens with one attached hydrogen (secondary N) is 1. The molecule has 1 N–H and O–H groups in total. The van der Waals surface area contributed by atoms with E-state index in [2.05, 4.69) is 36.5 Å². The predicted molar refractivity (Wildman–Crippen MR) is 81.3 cm³/mol. The van der Waals surface area contributed by atoms with Gasteiger partial charge in [-0.2, -0.15) is 0 Å². The van der Waals surface area contributed by atoms with Gasteiger partial charge in [0.25, 0.3) is 0 Å². The second-order valence-electron chi connectivity index (χ2n) is 5.09. The number of sulfone groups is 1. The van der Waals surface area contributed by atoms with Gasteiger partial charge in [0.05, 0.1) is 0 Å². The Morgan fingerprint density at radius 3 is 2.32 bits per heavy atom. The summed E-state index contributed by atoms with van der Waals surface area (Å²) >= 11 is 0. The minimum Gasteiger partial charge on any atom is -0.316 e. The van der Waals surface area contributed by atoms with Gasteiger partial charge in [-0.05, 0) is 37.8 Å². The third-order valence-electron chi connectivity index (χ3n) is 3.55. The standard InChI is InChI=1S/C15H25NO2S/c1-4-14(13-9-6-5-7-10-13)15(16-2)11-8-12-19(3,17)18/h5-7,9-10,14-16H,4,8,11-12H2,1-3H3. The summed E-state index contributed by atoms with van der Waals surface area (Å²) in [6.07, 6.45) is 3.95. The maximum Gasteiger partial charge on any atom is 0.147 e. The molecule has 4 heteroatoms. The molecule has 3 nitrogen and oxygen atoms in total. The van der Waals surface area contributed by atoms with Crippen molar-refractivity contribution in [1.29, 1.82) is 0 Å². The predicted octanol–water partition coefficient (Wildman–Crippen LogP) is 2.59. The molecule has 0 heterocycles. The average molecular weight is 283 g/mol. The van der Waals surface area contributed by atoms with Crippen molar-refractivity contribution in [2.24, 2.45) is 0 Å². The normalized spacial score (nSPS) is 15.1. The van der Waals surface area contributed by atoms with Gasteiger partial charge in [0, 0.05) is 18.1 Å². The molecule has 19 heavy (non-hydrogen) atoms. The molecule has 1 aromatic rings. The van der Waals surface area contributed by atoms with Crippen LogP contribution in [0.4, 0.5) is 0 Å². The molecule has 0 spiro atoms. The fraction of sp³-hybridized carbons (Fsp3) is 0.600. The molecule has 0 saturated carbocycles. The van der Waals surface area contributed by atoms with Gasteiger partial charge in [0.1, 0.15) is 9.84 Å². The molecule has 0 saturated heterocycles. The fourth-order valence-corrected chi connectivity index (χ4v) is 3.26. The zero-order valence-corrected chi connectivity index (χ0v) is 12.9. The first-order chi connectivity index (χ1) is 8.98. The molecule has 0 aliphatic carbocycles. The van der Waals surface area contributed by atoms with Crippen LogP contribution in [0.15, 0.2) is 30.3 Å². The van der Waals surface area contributed by atoms with E-state index in [-0.39, 0.29) is 5.75 Å². The van der Waals surface area contributed by atoms with E-state index in [0.29, 0.717) is 18.4 Å². The third-order valence-corrected chi connectivity index (χ3v) is 4.58. The highest BCUT2D eigenvalue weighted by Gasteiger charge is 2.20. The van der Waals surface area contributed by atoms with Crippen molar-refractivity contribution in [3.05, 3.63) is 35.9 Å². The third kappa shape index (κ3) is 5.74. The molecular weight excluding hydrogens is 258 g/mol. The summed E-state index contributed by atoms with van der Waals surface area (Å²) in [6.45, 7) is 2.18. The van der Waals surface area contributed by atoms with Crippen LogP contribution >= 0.6 is 0 Å². The summed E-state index contributed by atoms with van der Waals surface area (Å²) in [4.78, 5) is 0. The van der Waals surface area contributed by atoms with Crippen molar-refractivity contribution < 1.29 is 8.42 Å². The average Bonchev–Trinajstić information content (AvgIpc) is 2.37. The van der Waals surface area contributed by atoms with Gasteiger partial charge in [-0.1, -0.05) is 37.3 Å². The Labute approximate surface area is 117 Å². The SMILES string of the molecule is CCC(c1ccccc1)C(CCCS(C)(=O)=O)NC. The number of likely N-dealkylation sites (N-methyl/N-ethyl adjacent to an activating group) is 1. The summed E-state index contributed by atoms with van der Waals surface area (Å²) in [5.41, 5.74) is 1.32. The molecule has 0 amide bonds. The van der Waals surface area contributed by atoms with Crippen molar-refractivity contribution in [3.63, 3.8) is 0 Å². The Hall–Kier alpha value is -0.870. The second-order valence-corrected chi connectivity index (χ2v) is 7.35. The minimum absolute atomic E-state index is 0.274. The van der Waals surface area contributed by atoms with E-state index < -0.39 is 9.84 Å². The lowest BCUT2D eigenvalue weighted by Crippen LogP contribution is -2.32. The van der Waals surface area contributed by atoms with Crippen LogP contribution in [0.5, 0.6) is 0 Å². The van der Waals surface area contributed by atoms with E-state index >= 15 is 0 Å². The van der Waals surface area contributed by atoms with Crippen molar-refractivity contribution in [1.82, 2.24) is 5.32 Å². The lowest BCUT2D eigenvalue weighted by molar-refractivity contribution is 0.422. The monoisotopic (exact) mass is 283 g/mol. The Kier molecular flexibility index (Phi) is 6.52. The van der Waals surface area contributed by atoms with Gasteiger partial charge >= 0.3 is 0 Å². The fourth-order valence-electron chi connectivity index (χ4n) is 2.56. The lowest BCUT2D eigenvalue weighted by atomic mass is 9.87. The summed E-state index contributed by atoms with van der Waals surface area (Å²) in [5, 5.41) is 3.34. The van der Waals surface area contributed by atoms with Crippen LogP contribution in [-0.4, -0.2) is 33.5 Å². The topological polar surface area (TPSA) is 46.2 Å². The van der Waals surface area contributed by atoms with E-state index in [4.69, 9.17) is 0 Å². The largest absolute Gasteiger partial charge is 0.316 e. The van der Waals surface area contributed by atoms with Gasteiger partial charge in [-0.25, -0.2) is 8.42 Å². The van der Waals surface area contributed by atoms with Crippen molar-refractivity contribution >= 4 is 9.84 Å². The van der Waals surface area contributed by atoms with Crippen molar-refractivity contribution in [3.8, 4) is 0 Å². The highest BCUT2D eigenvalue weighted by Crippen LogP contribution is 2.25. The smallest absolute Gasteiger partial charge is 0.147 e. The number of rotatable bonds is 8. The molecular formula is C15H25NO2S. The Morgan fingerprint density at radius 1 is 1.21 bits per heavy atom. The summed E-state index contributed by atoms with van der Waals surface area (Å²) < 4.78 is 22.4. The first kappa shape index (κ1) is 16.2. The summed E-state index contributed by atoms with van der Waals surface area (Å²) in [7, 11) is -0.898. The maximum atomic E-state index is 11.2. The zero-order chi connectivity index (χ0) is 14.3. The molecule has 0 radical (unpaired) electrons. The van der Waals surface area contributed by atoms with Crippen LogP contribution in [0.25, 0.3) is 0 Å². The van der Waals surface area contributed by atoms with E-state index in [1.807, 2.05) is 13.1 Å². The van der Waals surface area contributed by atoms with Crippen LogP contribution in [0.3, 0.4) is 0 Å². The summed E-state index contributed by atoms with van der Waals surface area (Å²) in [6, 6.07) is 10.8. The first-order valence-corrected chi connectivity index (χ1v) is 8.94. The van der Waals surface area contributed by atoms with Crippen molar-refractivity contribution in [2.75, 3.05) is 19.1 Å². The molecule has 2 atom stereocenters. The molecule has 0 aliphatic rings. The van der Waals surface area contributed by atoms with E-state index in [1.165, 1.54) is 11.8 Å². The van der Waals surface area contributed by atoms with Crippen LogP contribution in [-0.2, 0) is 9.84 Å². The molecule has 0 bridgehead atoms. The van der Waals surface area contributed by atoms with E-state index in [1.54, 1.807) is 0 Å². The van der Waals surface area contributed by atoms with Crippen LogP contribution in [0.2, 0.25) is 0 Å². The Morgan fingerprint density at radius 2 is 1.84 bits per heavy atom. The van der Waals surface area contributed by atoms with Gasteiger partial charge in [-0.3, -0.25) is 0 Å². The number of hydrogen-bond donors (Lipinski definition) is 1. The second kappa shape index (κ2) is 7.65. The molecule has 0 aliphatic heterocycles. The molecule has 1 aromatic carbocycles. The van der Waals surface area contributed by atoms with E-state index in [9.17, 15) is 8.42 Å². The van der Waals surface area contributed by atoms with E-state index in [0.717, 1.165) is 12.8 Å². The number of hydrogen-bond acceptors (Lipinski definition) is 3. The Bertz CT molecular complexity index is 456. The van der Waals surface area contributed by atoms with Gasteiger partial charge in [0.15, 0.2) is 0 Å². The van der Waals surface area contributed by atoms with Crippen LogP contribution in [0, 0.1) is 0 Å². The van der Waals surface area contributed by atoms with Gasteiger partial charge in [0.2, 0.25) is 0 Å². The molecule has 2 unspecified atom stereocenters. The molecule has 0 aromatic heterocycles. The number of benzene rings is 1. The molecule has 0 fully saturated rings. The quantitative estimate of drug-likeness (QED) is 0.797. The molecule has 1 rings (SSSR count). The van der Waals surface area contributed by atoms with Crippen LogP contribution < -0.4 is 5.32 Å².